The third-order valence-electron chi connectivity index (χ3n) is 3.42. The summed E-state index contributed by atoms with van der Waals surface area (Å²) in [5, 5.41) is 3.09. The van der Waals surface area contributed by atoms with Gasteiger partial charge in [-0.3, -0.25) is 0 Å². The van der Waals surface area contributed by atoms with Gasteiger partial charge in [-0.2, -0.15) is 0 Å². The third kappa shape index (κ3) is 3.92. The lowest BCUT2D eigenvalue weighted by atomic mass is 10.1. The summed E-state index contributed by atoms with van der Waals surface area (Å²) >= 11 is 6.24. The molecule has 1 aromatic rings. The predicted octanol–water partition coefficient (Wildman–Crippen LogP) is 3.99. The van der Waals surface area contributed by atoms with Crippen molar-refractivity contribution in [1.82, 2.24) is 5.32 Å². The van der Waals surface area contributed by atoms with E-state index in [1.807, 2.05) is 30.3 Å². The number of benzene rings is 1. The second-order valence-electron chi connectivity index (χ2n) is 5.00. The van der Waals surface area contributed by atoms with E-state index in [0.29, 0.717) is 19.5 Å². The van der Waals surface area contributed by atoms with Crippen LogP contribution in [0.1, 0.15) is 30.2 Å². The highest BCUT2D eigenvalue weighted by Gasteiger charge is 2.38. The van der Waals surface area contributed by atoms with Gasteiger partial charge < -0.3 is 5.32 Å². The summed E-state index contributed by atoms with van der Waals surface area (Å²) < 4.78 is 26.0. The Morgan fingerprint density at radius 3 is 2.67 bits per heavy atom. The van der Waals surface area contributed by atoms with Crippen molar-refractivity contribution >= 4 is 11.6 Å². The Labute approximate surface area is 112 Å². The minimum atomic E-state index is -2.45. The Bertz CT molecular complexity index is 369. The van der Waals surface area contributed by atoms with Crippen molar-refractivity contribution in [2.24, 2.45) is 5.92 Å². The number of hydrogen-bond donors (Lipinski definition) is 1. The second kappa shape index (κ2) is 5.98. The monoisotopic (exact) mass is 273 g/mol. The smallest absolute Gasteiger partial charge is 0.248 e. The first kappa shape index (κ1) is 13.8. The molecule has 1 nitrogen and oxygen atoms in total. The highest BCUT2D eigenvalue weighted by Crippen LogP contribution is 2.38. The molecule has 0 amide bonds. The summed E-state index contributed by atoms with van der Waals surface area (Å²) in [6.07, 6.45) is 0.652. The maximum Gasteiger partial charge on any atom is 0.248 e. The molecule has 0 saturated heterocycles. The van der Waals surface area contributed by atoms with Crippen molar-refractivity contribution in [1.29, 1.82) is 0 Å². The van der Waals surface area contributed by atoms with E-state index in [1.165, 1.54) is 0 Å². The lowest BCUT2D eigenvalue weighted by Crippen LogP contribution is -2.25. The topological polar surface area (TPSA) is 12.0 Å². The molecule has 1 fully saturated rings. The number of hydrogen-bond acceptors (Lipinski definition) is 1. The van der Waals surface area contributed by atoms with Crippen molar-refractivity contribution in [3.8, 4) is 0 Å². The van der Waals surface area contributed by atoms with Crippen molar-refractivity contribution < 1.29 is 8.78 Å². The molecule has 2 unspecified atom stereocenters. The maximum absolute atomic E-state index is 13.0. The lowest BCUT2D eigenvalue weighted by Gasteiger charge is -2.14. The molecule has 18 heavy (non-hydrogen) atoms. The van der Waals surface area contributed by atoms with E-state index in [9.17, 15) is 8.78 Å². The zero-order valence-electron chi connectivity index (χ0n) is 10.2. The fraction of sp³-hybridized carbons (Fsp3) is 0.571. The zero-order chi connectivity index (χ0) is 13.0. The van der Waals surface area contributed by atoms with Crippen LogP contribution >= 0.6 is 11.6 Å². The average Bonchev–Trinajstić information content (AvgIpc) is 2.70. The van der Waals surface area contributed by atoms with Crippen LogP contribution in [0.15, 0.2) is 30.3 Å². The van der Waals surface area contributed by atoms with Gasteiger partial charge in [-0.15, -0.1) is 11.6 Å². The molecule has 0 bridgehead atoms. The molecule has 1 aliphatic rings. The van der Waals surface area contributed by atoms with E-state index < -0.39 is 5.92 Å². The van der Waals surface area contributed by atoms with Gasteiger partial charge in [0.1, 0.15) is 0 Å². The molecular weight excluding hydrogens is 256 g/mol. The summed E-state index contributed by atoms with van der Waals surface area (Å²) in [4.78, 5) is 0. The van der Waals surface area contributed by atoms with Crippen LogP contribution in [0.4, 0.5) is 8.78 Å². The predicted molar refractivity (Wildman–Crippen MR) is 70.2 cm³/mol. The van der Waals surface area contributed by atoms with Gasteiger partial charge in [0.05, 0.1) is 5.38 Å². The summed E-state index contributed by atoms with van der Waals surface area (Å²) in [6.45, 7) is 1.25. The van der Waals surface area contributed by atoms with E-state index in [1.54, 1.807) is 0 Å². The van der Waals surface area contributed by atoms with E-state index >= 15 is 0 Å². The zero-order valence-corrected chi connectivity index (χ0v) is 11.0. The molecule has 1 aliphatic carbocycles. The fourth-order valence-corrected chi connectivity index (χ4v) is 2.66. The number of halogens is 3. The summed E-state index contributed by atoms with van der Waals surface area (Å²) in [7, 11) is 0. The van der Waals surface area contributed by atoms with E-state index in [0.717, 1.165) is 5.56 Å². The van der Waals surface area contributed by atoms with Crippen molar-refractivity contribution in [2.45, 2.75) is 30.6 Å². The van der Waals surface area contributed by atoms with Crippen molar-refractivity contribution in [2.75, 3.05) is 13.1 Å². The number of nitrogens with one attached hydrogen (secondary N) is 1. The minimum Gasteiger partial charge on any atom is -0.315 e. The molecule has 100 valence electrons. The first-order valence-electron chi connectivity index (χ1n) is 6.34. The molecule has 0 radical (unpaired) electrons. The van der Waals surface area contributed by atoms with Gasteiger partial charge in [0.15, 0.2) is 0 Å². The van der Waals surface area contributed by atoms with Gasteiger partial charge in [0.25, 0.3) is 0 Å². The van der Waals surface area contributed by atoms with Gasteiger partial charge in [-0.25, -0.2) is 8.78 Å². The molecule has 1 N–H and O–H groups in total. The minimum absolute atomic E-state index is 0.0122. The van der Waals surface area contributed by atoms with Gasteiger partial charge in [0.2, 0.25) is 5.92 Å². The highest BCUT2D eigenvalue weighted by atomic mass is 35.5. The number of rotatable bonds is 5. The SMILES string of the molecule is FC1(F)CCC(CNCC(Cl)c2ccccc2)C1. The average molecular weight is 274 g/mol. The van der Waals surface area contributed by atoms with E-state index in [2.05, 4.69) is 5.32 Å². The van der Waals surface area contributed by atoms with Crippen LogP contribution in [0.3, 0.4) is 0 Å². The lowest BCUT2D eigenvalue weighted by molar-refractivity contribution is 0.00509. The largest absolute Gasteiger partial charge is 0.315 e. The Morgan fingerprint density at radius 2 is 2.06 bits per heavy atom. The van der Waals surface area contributed by atoms with Gasteiger partial charge >= 0.3 is 0 Å². The Balaban J connectivity index is 1.70. The van der Waals surface area contributed by atoms with Crippen LogP contribution in [0.5, 0.6) is 0 Å². The molecule has 2 rings (SSSR count). The number of alkyl halides is 3. The summed E-state index contributed by atoms with van der Waals surface area (Å²) in [5.41, 5.74) is 1.06. The molecule has 0 heterocycles. The molecule has 0 aromatic heterocycles. The Kier molecular flexibility index (Phi) is 4.57. The normalized spacial score (nSPS) is 24.1. The van der Waals surface area contributed by atoms with Crippen molar-refractivity contribution in [3.05, 3.63) is 35.9 Å². The Morgan fingerprint density at radius 1 is 1.33 bits per heavy atom. The molecule has 1 aromatic carbocycles. The first-order valence-corrected chi connectivity index (χ1v) is 6.78. The van der Waals surface area contributed by atoms with Crippen LogP contribution < -0.4 is 5.32 Å². The van der Waals surface area contributed by atoms with Crippen LogP contribution in [-0.4, -0.2) is 19.0 Å². The molecule has 2 atom stereocenters. The van der Waals surface area contributed by atoms with Gasteiger partial charge in [-0.05, 0) is 24.4 Å². The molecule has 4 heteroatoms. The molecule has 1 saturated carbocycles. The van der Waals surface area contributed by atoms with Crippen LogP contribution in [0.2, 0.25) is 0 Å². The van der Waals surface area contributed by atoms with Gasteiger partial charge in [0, 0.05) is 19.4 Å². The first-order chi connectivity index (χ1) is 8.57. The maximum atomic E-state index is 13.0. The van der Waals surface area contributed by atoms with E-state index in [-0.39, 0.29) is 24.1 Å². The fourth-order valence-electron chi connectivity index (χ4n) is 2.41. The standard InChI is InChI=1S/C14H18ClF2N/c15-13(12-4-2-1-3-5-12)10-18-9-11-6-7-14(16,17)8-11/h1-5,11,13,18H,6-10H2. The second-order valence-corrected chi connectivity index (χ2v) is 5.53. The van der Waals surface area contributed by atoms with E-state index in [4.69, 9.17) is 11.6 Å². The Hall–Kier alpha value is -0.670. The van der Waals surface area contributed by atoms with Crippen molar-refractivity contribution in [3.63, 3.8) is 0 Å². The van der Waals surface area contributed by atoms with Crippen LogP contribution in [-0.2, 0) is 0 Å². The quantitative estimate of drug-likeness (QED) is 0.800. The molecule has 0 spiro atoms. The molecular formula is C14H18ClF2N. The molecule has 0 aliphatic heterocycles. The summed E-state index contributed by atoms with van der Waals surface area (Å²) in [5.74, 6) is -2.37. The summed E-state index contributed by atoms with van der Waals surface area (Å²) in [6, 6.07) is 9.79. The van der Waals surface area contributed by atoms with Gasteiger partial charge in [-0.1, -0.05) is 30.3 Å². The van der Waals surface area contributed by atoms with Crippen LogP contribution in [0, 0.1) is 5.92 Å². The van der Waals surface area contributed by atoms with Crippen LogP contribution in [0.25, 0.3) is 0 Å². The third-order valence-corrected chi connectivity index (χ3v) is 3.83. The highest BCUT2D eigenvalue weighted by molar-refractivity contribution is 6.21.